The number of carboxylic acids is 1. The molecule has 0 aromatic heterocycles. The second-order valence-electron chi connectivity index (χ2n) is 3.79. The van der Waals surface area contributed by atoms with Crippen LogP contribution in [0.5, 0.6) is 0 Å². The first-order valence-corrected chi connectivity index (χ1v) is 5.41. The topological polar surface area (TPSA) is 113 Å². The number of nitrogens with two attached hydrogens (primary N) is 1. The number of rotatable bonds is 7. The molecule has 0 saturated heterocycles. The monoisotopic (exact) mass is 245 g/mol. The van der Waals surface area contributed by atoms with Crippen LogP contribution in [0.15, 0.2) is 0 Å². The number of unbranched alkanes of at least 4 members (excludes halogenated alkanes) is 1. The van der Waals surface area contributed by atoms with E-state index in [1.807, 2.05) is 6.92 Å². The highest BCUT2D eigenvalue weighted by Crippen LogP contribution is 1.96. The first-order chi connectivity index (χ1) is 7.88. The highest BCUT2D eigenvalue weighted by atomic mass is 16.4. The van der Waals surface area contributed by atoms with Gasteiger partial charge in [0, 0.05) is 13.6 Å². The van der Waals surface area contributed by atoms with Gasteiger partial charge in [0.25, 0.3) is 0 Å². The standard InChI is InChI=1S/C10H19N3O4/c1-3-4-5-13(2)10(17)12-7(9(15)16)6-8(11)14/h7H,3-6H2,1-2H3,(H2,11,14)(H,12,17)(H,15,16)/t7-/m1/s1. The first kappa shape index (κ1) is 15.2. The van der Waals surface area contributed by atoms with Crippen LogP contribution in [0.1, 0.15) is 26.2 Å². The van der Waals surface area contributed by atoms with Crippen LogP contribution in [-0.2, 0) is 9.59 Å². The third-order valence-electron chi connectivity index (χ3n) is 2.19. The molecule has 3 amide bonds. The Hall–Kier alpha value is -1.79. The number of nitrogens with one attached hydrogen (secondary N) is 1. The molecule has 1 atom stereocenters. The third kappa shape index (κ3) is 6.39. The van der Waals surface area contributed by atoms with Crippen molar-refractivity contribution in [2.75, 3.05) is 13.6 Å². The van der Waals surface area contributed by atoms with Crippen LogP contribution in [-0.4, -0.2) is 47.5 Å². The fourth-order valence-corrected chi connectivity index (χ4v) is 1.16. The van der Waals surface area contributed by atoms with Gasteiger partial charge in [0.2, 0.25) is 5.91 Å². The van der Waals surface area contributed by atoms with Crippen LogP contribution in [0.3, 0.4) is 0 Å². The van der Waals surface area contributed by atoms with Gasteiger partial charge in [0.1, 0.15) is 6.04 Å². The lowest BCUT2D eigenvalue weighted by Crippen LogP contribution is -2.48. The molecule has 0 saturated carbocycles. The van der Waals surface area contributed by atoms with Gasteiger partial charge in [-0.25, -0.2) is 9.59 Å². The van der Waals surface area contributed by atoms with E-state index < -0.39 is 30.4 Å². The third-order valence-corrected chi connectivity index (χ3v) is 2.19. The van der Waals surface area contributed by atoms with Gasteiger partial charge in [-0.05, 0) is 6.42 Å². The van der Waals surface area contributed by atoms with Gasteiger partial charge in [-0.2, -0.15) is 0 Å². The number of amides is 3. The average molecular weight is 245 g/mol. The van der Waals surface area contributed by atoms with Crippen molar-refractivity contribution in [3.63, 3.8) is 0 Å². The molecule has 0 aliphatic carbocycles. The SMILES string of the molecule is CCCCN(C)C(=O)N[C@H](CC(N)=O)C(=O)O. The van der Waals surface area contributed by atoms with Crippen LogP contribution in [0.2, 0.25) is 0 Å². The molecule has 0 radical (unpaired) electrons. The molecule has 0 aliphatic rings. The zero-order chi connectivity index (χ0) is 13.4. The van der Waals surface area contributed by atoms with E-state index >= 15 is 0 Å². The number of carbonyl (C=O) groups excluding carboxylic acids is 2. The van der Waals surface area contributed by atoms with Gasteiger partial charge in [-0.15, -0.1) is 0 Å². The molecule has 7 heteroatoms. The fourth-order valence-electron chi connectivity index (χ4n) is 1.16. The Bertz CT molecular complexity index is 293. The average Bonchev–Trinajstić information content (AvgIpc) is 2.23. The quantitative estimate of drug-likeness (QED) is 0.574. The Morgan fingerprint density at radius 1 is 1.41 bits per heavy atom. The Kier molecular flexibility index (Phi) is 6.69. The molecule has 0 fully saturated rings. The summed E-state index contributed by atoms with van der Waals surface area (Å²) in [5, 5.41) is 11.0. The number of carbonyl (C=O) groups is 3. The van der Waals surface area contributed by atoms with Crippen molar-refractivity contribution >= 4 is 17.9 Å². The van der Waals surface area contributed by atoms with Gasteiger partial charge in [-0.1, -0.05) is 13.3 Å². The van der Waals surface area contributed by atoms with E-state index in [9.17, 15) is 14.4 Å². The summed E-state index contributed by atoms with van der Waals surface area (Å²) in [6.07, 6.45) is 1.35. The van der Waals surface area contributed by atoms with Crippen LogP contribution >= 0.6 is 0 Å². The highest BCUT2D eigenvalue weighted by molar-refractivity contribution is 5.87. The number of nitrogens with zero attached hydrogens (tertiary/aromatic N) is 1. The van der Waals surface area contributed by atoms with Gasteiger partial charge in [0.15, 0.2) is 0 Å². The molecule has 0 heterocycles. The van der Waals surface area contributed by atoms with Gasteiger partial charge >= 0.3 is 12.0 Å². The Morgan fingerprint density at radius 2 is 2.00 bits per heavy atom. The molecule has 17 heavy (non-hydrogen) atoms. The lowest BCUT2D eigenvalue weighted by atomic mass is 10.2. The number of carboxylic acid groups (broad SMARTS) is 1. The van der Waals surface area contributed by atoms with Crippen molar-refractivity contribution in [3.8, 4) is 0 Å². The molecule has 0 rings (SSSR count). The molecular formula is C10H19N3O4. The molecule has 0 aromatic carbocycles. The van der Waals surface area contributed by atoms with Crippen molar-refractivity contribution in [3.05, 3.63) is 0 Å². The fraction of sp³-hybridized carbons (Fsp3) is 0.700. The predicted molar refractivity (Wildman–Crippen MR) is 61.3 cm³/mol. The molecule has 0 spiro atoms. The van der Waals surface area contributed by atoms with E-state index in [1.54, 1.807) is 7.05 Å². The maximum Gasteiger partial charge on any atom is 0.326 e. The van der Waals surface area contributed by atoms with E-state index in [1.165, 1.54) is 4.90 Å². The van der Waals surface area contributed by atoms with Crippen LogP contribution < -0.4 is 11.1 Å². The highest BCUT2D eigenvalue weighted by Gasteiger charge is 2.23. The van der Waals surface area contributed by atoms with Crippen LogP contribution in [0.4, 0.5) is 4.79 Å². The van der Waals surface area contributed by atoms with Crippen LogP contribution in [0, 0.1) is 0 Å². The zero-order valence-corrected chi connectivity index (χ0v) is 10.1. The smallest absolute Gasteiger partial charge is 0.326 e. The second kappa shape index (κ2) is 7.48. The molecule has 4 N–H and O–H groups in total. The summed E-state index contributed by atoms with van der Waals surface area (Å²) in [6.45, 7) is 2.52. The molecule has 7 nitrogen and oxygen atoms in total. The second-order valence-corrected chi connectivity index (χ2v) is 3.79. The van der Waals surface area contributed by atoms with E-state index in [-0.39, 0.29) is 0 Å². The van der Waals surface area contributed by atoms with Crippen molar-refractivity contribution in [2.45, 2.75) is 32.2 Å². The van der Waals surface area contributed by atoms with Crippen molar-refractivity contribution in [1.82, 2.24) is 10.2 Å². The number of aliphatic carboxylic acids is 1. The molecular weight excluding hydrogens is 226 g/mol. The summed E-state index contributed by atoms with van der Waals surface area (Å²) < 4.78 is 0. The Labute approximate surface area is 100.0 Å². The minimum atomic E-state index is -1.28. The minimum absolute atomic E-state index is 0.414. The van der Waals surface area contributed by atoms with Gasteiger partial charge in [0.05, 0.1) is 6.42 Å². The predicted octanol–water partition coefficient (Wildman–Crippen LogP) is -0.243. The van der Waals surface area contributed by atoms with E-state index in [0.717, 1.165) is 12.8 Å². The maximum absolute atomic E-state index is 11.5. The molecule has 0 aliphatic heterocycles. The van der Waals surface area contributed by atoms with Crippen molar-refractivity contribution in [1.29, 1.82) is 0 Å². The van der Waals surface area contributed by atoms with Gasteiger partial charge < -0.3 is 21.1 Å². The Morgan fingerprint density at radius 3 is 2.41 bits per heavy atom. The summed E-state index contributed by atoms with van der Waals surface area (Å²) in [6, 6.07) is -1.80. The largest absolute Gasteiger partial charge is 0.480 e. The maximum atomic E-state index is 11.5. The number of hydrogen-bond acceptors (Lipinski definition) is 3. The lowest BCUT2D eigenvalue weighted by molar-refractivity contribution is -0.140. The summed E-state index contributed by atoms with van der Waals surface area (Å²) in [4.78, 5) is 34.3. The van der Waals surface area contributed by atoms with E-state index in [2.05, 4.69) is 5.32 Å². The summed E-state index contributed by atoms with van der Waals surface area (Å²) in [7, 11) is 1.56. The molecule has 0 unspecified atom stereocenters. The number of urea groups is 1. The lowest BCUT2D eigenvalue weighted by Gasteiger charge is -2.20. The summed E-state index contributed by atoms with van der Waals surface area (Å²) in [5.41, 5.74) is 4.90. The number of primary amides is 1. The zero-order valence-electron chi connectivity index (χ0n) is 10.1. The Balaban J connectivity index is 4.29. The van der Waals surface area contributed by atoms with E-state index in [0.29, 0.717) is 6.54 Å². The number of hydrogen-bond donors (Lipinski definition) is 3. The van der Waals surface area contributed by atoms with Gasteiger partial charge in [-0.3, -0.25) is 4.79 Å². The normalized spacial score (nSPS) is 11.6. The summed E-state index contributed by atoms with van der Waals surface area (Å²) >= 11 is 0. The van der Waals surface area contributed by atoms with Crippen LogP contribution in [0.25, 0.3) is 0 Å². The minimum Gasteiger partial charge on any atom is -0.480 e. The molecule has 0 aromatic rings. The molecule has 0 bridgehead atoms. The van der Waals surface area contributed by atoms with Crippen molar-refractivity contribution in [2.24, 2.45) is 5.73 Å². The molecule has 98 valence electrons. The van der Waals surface area contributed by atoms with Crippen molar-refractivity contribution < 1.29 is 19.5 Å². The summed E-state index contributed by atoms with van der Waals surface area (Å²) in [5.74, 6) is -2.05. The van der Waals surface area contributed by atoms with E-state index in [4.69, 9.17) is 10.8 Å². The first-order valence-electron chi connectivity index (χ1n) is 5.41.